The first-order valence-electron chi connectivity index (χ1n) is 8.59. The van der Waals surface area contributed by atoms with E-state index in [4.69, 9.17) is 4.74 Å². The van der Waals surface area contributed by atoms with Gasteiger partial charge in [0.2, 0.25) is 0 Å². The summed E-state index contributed by atoms with van der Waals surface area (Å²) in [6, 6.07) is 9.53. The Labute approximate surface area is 130 Å². The fourth-order valence-electron chi connectivity index (χ4n) is 3.37. The zero-order valence-electron chi connectivity index (χ0n) is 14.1. The number of rotatable bonds is 6. The molecule has 1 saturated carbocycles. The smallest absolute Gasteiger partial charge is 0.119 e. The first kappa shape index (κ1) is 16.4. The van der Waals surface area contributed by atoms with Crippen LogP contribution in [0.5, 0.6) is 5.75 Å². The van der Waals surface area contributed by atoms with Crippen molar-refractivity contribution in [3.8, 4) is 5.75 Å². The maximum Gasteiger partial charge on any atom is 0.119 e. The molecule has 0 saturated heterocycles. The third-order valence-electron chi connectivity index (χ3n) is 4.62. The molecule has 0 amide bonds. The summed E-state index contributed by atoms with van der Waals surface area (Å²) in [6.07, 6.45) is 7.26. The van der Waals surface area contributed by atoms with Gasteiger partial charge in [-0.3, -0.25) is 0 Å². The fraction of sp³-hybridized carbons (Fsp3) is 0.684. The molecule has 1 aliphatic rings. The number of ether oxygens (including phenoxy) is 1. The summed E-state index contributed by atoms with van der Waals surface area (Å²) < 4.78 is 5.70. The van der Waals surface area contributed by atoms with E-state index in [2.05, 4.69) is 57.3 Å². The van der Waals surface area contributed by atoms with Gasteiger partial charge in [-0.2, -0.15) is 0 Å². The monoisotopic (exact) mass is 289 g/mol. The van der Waals surface area contributed by atoms with E-state index in [9.17, 15) is 0 Å². The molecule has 1 unspecified atom stereocenters. The van der Waals surface area contributed by atoms with Crippen LogP contribution in [-0.4, -0.2) is 12.1 Å². The summed E-state index contributed by atoms with van der Waals surface area (Å²) in [5.74, 6) is 1.81. The Kier molecular flexibility index (Phi) is 6.10. The van der Waals surface area contributed by atoms with Crippen LogP contribution in [0, 0.1) is 5.92 Å². The molecule has 2 rings (SSSR count). The number of nitrogens with one attached hydrogen (secondary N) is 1. The van der Waals surface area contributed by atoms with E-state index < -0.39 is 0 Å². The van der Waals surface area contributed by atoms with Crippen molar-refractivity contribution in [1.29, 1.82) is 0 Å². The Hall–Kier alpha value is -1.02. The topological polar surface area (TPSA) is 21.3 Å². The quantitative estimate of drug-likeness (QED) is 0.787. The number of hydrogen-bond donors (Lipinski definition) is 1. The van der Waals surface area contributed by atoms with Gasteiger partial charge < -0.3 is 10.1 Å². The Morgan fingerprint density at radius 3 is 2.14 bits per heavy atom. The van der Waals surface area contributed by atoms with Crippen LogP contribution in [0.2, 0.25) is 0 Å². The second-order valence-corrected chi connectivity index (χ2v) is 6.81. The highest BCUT2D eigenvalue weighted by atomic mass is 16.5. The molecule has 1 N–H and O–H groups in total. The van der Waals surface area contributed by atoms with E-state index >= 15 is 0 Å². The summed E-state index contributed by atoms with van der Waals surface area (Å²) in [6.45, 7) is 8.73. The molecule has 0 aromatic heterocycles. The SMILES string of the molecule is CC(C)Oc1ccc(C(C)N[C@@H](C)C2CCCCC2)cc1. The average molecular weight is 289 g/mol. The predicted octanol–water partition coefficient (Wildman–Crippen LogP) is 5.09. The molecule has 2 nitrogen and oxygen atoms in total. The van der Waals surface area contributed by atoms with Crippen molar-refractivity contribution in [2.24, 2.45) is 5.92 Å². The lowest BCUT2D eigenvalue weighted by Gasteiger charge is -2.31. The third kappa shape index (κ3) is 5.03. The fourth-order valence-corrected chi connectivity index (χ4v) is 3.37. The maximum absolute atomic E-state index is 5.70. The lowest BCUT2D eigenvalue weighted by atomic mass is 9.84. The Morgan fingerprint density at radius 1 is 0.952 bits per heavy atom. The van der Waals surface area contributed by atoms with Gasteiger partial charge >= 0.3 is 0 Å². The van der Waals surface area contributed by atoms with Crippen LogP contribution < -0.4 is 10.1 Å². The van der Waals surface area contributed by atoms with Gasteiger partial charge in [-0.1, -0.05) is 31.4 Å². The van der Waals surface area contributed by atoms with Crippen molar-refractivity contribution in [3.63, 3.8) is 0 Å². The Morgan fingerprint density at radius 2 is 1.57 bits per heavy atom. The van der Waals surface area contributed by atoms with Crippen molar-refractivity contribution in [3.05, 3.63) is 29.8 Å². The molecule has 0 bridgehead atoms. The first-order valence-corrected chi connectivity index (χ1v) is 8.59. The van der Waals surface area contributed by atoms with Crippen LogP contribution in [0.1, 0.15) is 71.4 Å². The standard InChI is InChI=1S/C19H31NO/c1-14(2)21-19-12-10-18(11-13-19)16(4)20-15(3)17-8-6-5-7-9-17/h10-17,20H,5-9H2,1-4H3/t15-,16?/m0/s1. The third-order valence-corrected chi connectivity index (χ3v) is 4.62. The minimum atomic E-state index is 0.234. The van der Waals surface area contributed by atoms with Gasteiger partial charge in [-0.05, 0) is 64.2 Å². The van der Waals surface area contributed by atoms with Crippen molar-refractivity contribution in [2.75, 3.05) is 0 Å². The molecule has 0 heterocycles. The van der Waals surface area contributed by atoms with Gasteiger partial charge in [0.1, 0.15) is 5.75 Å². The van der Waals surface area contributed by atoms with Crippen LogP contribution in [0.3, 0.4) is 0 Å². The van der Waals surface area contributed by atoms with E-state index in [1.165, 1.54) is 37.7 Å². The number of hydrogen-bond acceptors (Lipinski definition) is 2. The van der Waals surface area contributed by atoms with Crippen molar-refractivity contribution in [1.82, 2.24) is 5.32 Å². The molecule has 1 fully saturated rings. The molecular formula is C19H31NO. The van der Waals surface area contributed by atoms with Gasteiger partial charge in [-0.15, -0.1) is 0 Å². The molecule has 0 radical (unpaired) electrons. The summed E-state index contributed by atoms with van der Waals surface area (Å²) >= 11 is 0. The van der Waals surface area contributed by atoms with Crippen LogP contribution in [-0.2, 0) is 0 Å². The minimum absolute atomic E-state index is 0.234. The summed E-state index contributed by atoms with van der Waals surface area (Å²) in [5, 5.41) is 3.79. The lowest BCUT2D eigenvalue weighted by molar-refractivity contribution is 0.242. The normalized spacial score (nSPS) is 19.5. The van der Waals surface area contributed by atoms with E-state index in [0.29, 0.717) is 12.1 Å². The Bertz CT molecular complexity index is 406. The second-order valence-electron chi connectivity index (χ2n) is 6.81. The largest absolute Gasteiger partial charge is 0.491 e. The highest BCUT2D eigenvalue weighted by Crippen LogP contribution is 2.28. The molecule has 2 atom stereocenters. The Balaban J connectivity index is 1.88. The molecule has 118 valence electrons. The highest BCUT2D eigenvalue weighted by Gasteiger charge is 2.21. The molecule has 0 aliphatic heterocycles. The number of benzene rings is 1. The zero-order chi connectivity index (χ0) is 15.2. The molecule has 2 heteroatoms. The van der Waals surface area contributed by atoms with Crippen LogP contribution in [0.15, 0.2) is 24.3 Å². The summed E-state index contributed by atoms with van der Waals surface area (Å²) in [7, 11) is 0. The summed E-state index contributed by atoms with van der Waals surface area (Å²) in [5.41, 5.74) is 1.34. The van der Waals surface area contributed by atoms with Crippen LogP contribution >= 0.6 is 0 Å². The lowest BCUT2D eigenvalue weighted by Crippen LogP contribution is -2.36. The predicted molar refractivity (Wildman–Crippen MR) is 89.8 cm³/mol. The average Bonchev–Trinajstić information content (AvgIpc) is 2.48. The zero-order valence-corrected chi connectivity index (χ0v) is 14.1. The maximum atomic E-state index is 5.70. The molecule has 1 aliphatic carbocycles. The van der Waals surface area contributed by atoms with Crippen molar-refractivity contribution >= 4 is 0 Å². The van der Waals surface area contributed by atoms with Gasteiger partial charge in [0.25, 0.3) is 0 Å². The molecule has 1 aromatic carbocycles. The van der Waals surface area contributed by atoms with Crippen LogP contribution in [0.4, 0.5) is 0 Å². The molecular weight excluding hydrogens is 258 g/mol. The van der Waals surface area contributed by atoms with E-state index in [1.807, 2.05) is 0 Å². The molecule has 21 heavy (non-hydrogen) atoms. The van der Waals surface area contributed by atoms with E-state index in [0.717, 1.165) is 11.7 Å². The van der Waals surface area contributed by atoms with Gasteiger partial charge in [-0.25, -0.2) is 0 Å². The molecule has 1 aromatic rings. The highest BCUT2D eigenvalue weighted by molar-refractivity contribution is 5.29. The van der Waals surface area contributed by atoms with Crippen LogP contribution in [0.25, 0.3) is 0 Å². The second kappa shape index (κ2) is 7.84. The minimum Gasteiger partial charge on any atom is -0.491 e. The van der Waals surface area contributed by atoms with Gasteiger partial charge in [0.15, 0.2) is 0 Å². The first-order chi connectivity index (χ1) is 10.1. The van der Waals surface area contributed by atoms with Crippen molar-refractivity contribution < 1.29 is 4.74 Å². The van der Waals surface area contributed by atoms with Gasteiger partial charge in [0.05, 0.1) is 6.10 Å². The van der Waals surface area contributed by atoms with Gasteiger partial charge in [0, 0.05) is 12.1 Å². The summed E-state index contributed by atoms with van der Waals surface area (Å²) in [4.78, 5) is 0. The van der Waals surface area contributed by atoms with E-state index in [1.54, 1.807) is 0 Å². The van der Waals surface area contributed by atoms with E-state index in [-0.39, 0.29) is 6.10 Å². The van der Waals surface area contributed by atoms with Crippen molar-refractivity contribution in [2.45, 2.75) is 78.0 Å². The molecule has 0 spiro atoms.